The van der Waals surface area contributed by atoms with Crippen LogP contribution in [0.25, 0.3) is 11.3 Å². The number of benzene rings is 2. The van der Waals surface area contributed by atoms with Gasteiger partial charge in [0, 0.05) is 22.5 Å². The zero-order chi connectivity index (χ0) is 23.8. The molecule has 0 bridgehead atoms. The van der Waals surface area contributed by atoms with Gasteiger partial charge in [0.15, 0.2) is 5.11 Å². The summed E-state index contributed by atoms with van der Waals surface area (Å²) in [5, 5.41) is 14.3. The predicted molar refractivity (Wildman–Crippen MR) is 135 cm³/mol. The van der Waals surface area contributed by atoms with E-state index >= 15 is 0 Å². The maximum absolute atomic E-state index is 11.5. The zero-order valence-corrected chi connectivity index (χ0v) is 19.8. The fourth-order valence-corrected chi connectivity index (χ4v) is 4.71. The van der Waals surface area contributed by atoms with Gasteiger partial charge in [-0.05, 0) is 78.9 Å². The van der Waals surface area contributed by atoms with Crippen LogP contribution in [-0.4, -0.2) is 21.2 Å². The van der Waals surface area contributed by atoms with Gasteiger partial charge in [0.2, 0.25) is 0 Å². The summed E-state index contributed by atoms with van der Waals surface area (Å²) < 4.78 is 6.27. The third-order valence-corrected chi connectivity index (χ3v) is 6.50. The van der Waals surface area contributed by atoms with E-state index in [1.54, 1.807) is 30.5 Å². The topological polar surface area (TPSA) is 78.6 Å². The van der Waals surface area contributed by atoms with Crippen molar-refractivity contribution in [2.45, 2.75) is 12.1 Å². The minimum absolute atomic E-state index is 0.121. The molecule has 2 atom stereocenters. The highest BCUT2D eigenvalue weighted by molar-refractivity contribution is 7.80. The standard InChI is InChI=1S/C25H17Cl2N3O3S/c26-15-5-7-16(8-6-15)30-23(22(29-25(30)34)19-3-1-2-12-28-19)21-11-10-20(33-21)17-13-14(24(31)32)4-9-18(17)27/h1-13,22-23H,(H,29,34)(H,31,32). The molecule has 0 saturated carbocycles. The first-order valence-corrected chi connectivity index (χ1v) is 11.5. The molecule has 1 fully saturated rings. The number of anilines is 1. The van der Waals surface area contributed by atoms with Crippen LogP contribution in [-0.2, 0) is 0 Å². The number of carboxylic acids is 1. The highest BCUT2D eigenvalue weighted by Gasteiger charge is 2.42. The van der Waals surface area contributed by atoms with Crippen LogP contribution in [0.5, 0.6) is 0 Å². The van der Waals surface area contributed by atoms with E-state index in [0.717, 1.165) is 11.4 Å². The number of halogens is 2. The lowest BCUT2D eigenvalue weighted by Crippen LogP contribution is -2.29. The Kier molecular flexibility index (Phi) is 6.00. The number of carbonyl (C=O) groups is 1. The largest absolute Gasteiger partial charge is 0.478 e. The summed E-state index contributed by atoms with van der Waals surface area (Å²) in [7, 11) is 0. The molecular weight excluding hydrogens is 493 g/mol. The number of aromatic nitrogens is 1. The van der Waals surface area contributed by atoms with E-state index in [2.05, 4.69) is 10.3 Å². The van der Waals surface area contributed by atoms with E-state index < -0.39 is 5.97 Å². The molecule has 0 aliphatic carbocycles. The molecular formula is C25H17Cl2N3O3S. The van der Waals surface area contributed by atoms with Crippen molar-refractivity contribution < 1.29 is 14.3 Å². The molecule has 34 heavy (non-hydrogen) atoms. The third kappa shape index (κ3) is 4.14. The molecule has 2 aromatic heterocycles. The third-order valence-electron chi connectivity index (χ3n) is 5.60. The number of rotatable bonds is 5. The van der Waals surface area contributed by atoms with Gasteiger partial charge in [-0.2, -0.15) is 0 Å². The van der Waals surface area contributed by atoms with Gasteiger partial charge in [0.25, 0.3) is 0 Å². The molecule has 170 valence electrons. The summed E-state index contributed by atoms with van der Waals surface area (Å²) in [6.07, 6.45) is 1.73. The normalized spacial score (nSPS) is 17.6. The lowest BCUT2D eigenvalue weighted by atomic mass is 10.0. The Morgan fingerprint density at radius 2 is 1.85 bits per heavy atom. The van der Waals surface area contributed by atoms with Gasteiger partial charge in [-0.3, -0.25) is 4.98 Å². The second-order valence-corrected chi connectivity index (χ2v) is 8.91. The van der Waals surface area contributed by atoms with Gasteiger partial charge in [-0.15, -0.1) is 0 Å². The average molecular weight is 510 g/mol. The quantitative estimate of drug-likeness (QED) is 0.296. The highest BCUT2D eigenvalue weighted by atomic mass is 35.5. The van der Waals surface area contributed by atoms with Gasteiger partial charge in [0.1, 0.15) is 17.6 Å². The predicted octanol–water partition coefficient (Wildman–Crippen LogP) is 6.52. The van der Waals surface area contributed by atoms with Crippen LogP contribution in [0.2, 0.25) is 10.0 Å². The van der Waals surface area contributed by atoms with Crippen molar-refractivity contribution in [2.75, 3.05) is 4.90 Å². The van der Waals surface area contributed by atoms with Crippen LogP contribution in [0.1, 0.15) is 33.9 Å². The number of thiocarbonyl (C=S) groups is 1. The molecule has 0 spiro atoms. The number of carboxylic acid groups (broad SMARTS) is 1. The molecule has 2 aromatic carbocycles. The van der Waals surface area contributed by atoms with Gasteiger partial charge in [-0.1, -0.05) is 29.3 Å². The molecule has 0 radical (unpaired) electrons. The van der Waals surface area contributed by atoms with Crippen molar-refractivity contribution in [3.8, 4) is 11.3 Å². The van der Waals surface area contributed by atoms with E-state index in [0.29, 0.717) is 32.2 Å². The van der Waals surface area contributed by atoms with E-state index in [9.17, 15) is 9.90 Å². The molecule has 9 heteroatoms. The van der Waals surface area contributed by atoms with E-state index in [4.69, 9.17) is 39.8 Å². The smallest absolute Gasteiger partial charge is 0.335 e. The maximum Gasteiger partial charge on any atom is 0.335 e. The average Bonchev–Trinajstić information content (AvgIpc) is 3.45. The summed E-state index contributed by atoms with van der Waals surface area (Å²) in [6, 6.07) is 20.5. The Hall–Kier alpha value is -3.39. The first-order valence-electron chi connectivity index (χ1n) is 10.3. The number of hydrogen-bond acceptors (Lipinski definition) is 4. The summed E-state index contributed by atoms with van der Waals surface area (Å²) in [5.74, 6) is 0.0284. The van der Waals surface area contributed by atoms with Gasteiger partial charge < -0.3 is 19.7 Å². The summed E-state index contributed by atoms with van der Waals surface area (Å²) in [6.45, 7) is 0. The van der Waals surface area contributed by atoms with Gasteiger partial charge >= 0.3 is 5.97 Å². The number of nitrogens with zero attached hydrogens (tertiary/aromatic N) is 2. The van der Waals surface area contributed by atoms with Crippen LogP contribution in [0.3, 0.4) is 0 Å². The van der Waals surface area contributed by atoms with Crippen LogP contribution >= 0.6 is 35.4 Å². The Labute approximate surface area is 210 Å². The molecule has 3 heterocycles. The molecule has 4 aromatic rings. The molecule has 2 unspecified atom stereocenters. The monoisotopic (exact) mass is 509 g/mol. The summed E-state index contributed by atoms with van der Waals surface area (Å²) in [5.41, 5.74) is 2.26. The van der Waals surface area contributed by atoms with Crippen LogP contribution in [0.15, 0.2) is 83.4 Å². The van der Waals surface area contributed by atoms with Crippen molar-refractivity contribution in [1.82, 2.24) is 10.3 Å². The molecule has 0 amide bonds. The number of furan rings is 1. The fraction of sp³-hybridized carbons (Fsp3) is 0.0800. The molecule has 1 aliphatic rings. The maximum atomic E-state index is 11.5. The highest BCUT2D eigenvalue weighted by Crippen LogP contribution is 2.43. The molecule has 2 N–H and O–H groups in total. The summed E-state index contributed by atoms with van der Waals surface area (Å²) in [4.78, 5) is 17.9. The van der Waals surface area contributed by atoms with Crippen molar-refractivity contribution >= 4 is 52.2 Å². The molecule has 1 saturated heterocycles. The van der Waals surface area contributed by atoms with Crippen LogP contribution in [0, 0.1) is 0 Å². The second kappa shape index (κ2) is 9.10. The van der Waals surface area contributed by atoms with E-state index in [1.165, 1.54) is 12.1 Å². The number of nitrogens with one attached hydrogen (secondary N) is 1. The first kappa shape index (κ1) is 22.4. The van der Waals surface area contributed by atoms with Crippen LogP contribution < -0.4 is 10.2 Å². The minimum atomic E-state index is -1.04. The van der Waals surface area contributed by atoms with E-state index in [1.807, 2.05) is 41.3 Å². The lowest BCUT2D eigenvalue weighted by molar-refractivity contribution is 0.0697. The molecule has 6 nitrogen and oxygen atoms in total. The Balaban J connectivity index is 1.61. The van der Waals surface area contributed by atoms with E-state index in [-0.39, 0.29) is 17.6 Å². The van der Waals surface area contributed by atoms with Crippen LogP contribution in [0.4, 0.5) is 5.69 Å². The number of aromatic carboxylic acids is 1. The SMILES string of the molecule is O=C(O)c1ccc(Cl)c(-c2ccc(C3C(c4ccccn4)NC(=S)N3c3ccc(Cl)cc3)o2)c1. The van der Waals surface area contributed by atoms with Gasteiger partial charge in [-0.25, -0.2) is 4.79 Å². The van der Waals surface area contributed by atoms with Crippen molar-refractivity contribution in [2.24, 2.45) is 0 Å². The van der Waals surface area contributed by atoms with Crippen molar-refractivity contribution in [3.05, 3.63) is 106 Å². The fourth-order valence-electron chi connectivity index (χ4n) is 4.03. The van der Waals surface area contributed by atoms with Crippen molar-refractivity contribution in [1.29, 1.82) is 0 Å². The zero-order valence-electron chi connectivity index (χ0n) is 17.5. The second-order valence-electron chi connectivity index (χ2n) is 7.67. The Morgan fingerprint density at radius 1 is 1.06 bits per heavy atom. The Morgan fingerprint density at radius 3 is 2.56 bits per heavy atom. The molecule has 1 aliphatic heterocycles. The summed E-state index contributed by atoms with van der Waals surface area (Å²) >= 11 is 18.2. The molecule has 5 rings (SSSR count). The number of pyridine rings is 1. The lowest BCUT2D eigenvalue weighted by Gasteiger charge is -2.26. The number of hydrogen-bond donors (Lipinski definition) is 2. The minimum Gasteiger partial charge on any atom is -0.478 e. The van der Waals surface area contributed by atoms with Crippen molar-refractivity contribution in [3.63, 3.8) is 0 Å². The van der Waals surface area contributed by atoms with Gasteiger partial charge in [0.05, 0.1) is 22.3 Å². The Bertz CT molecular complexity index is 1380. The first-order chi connectivity index (χ1) is 16.4.